The van der Waals surface area contributed by atoms with Crippen LogP contribution >= 0.6 is 0 Å². The maximum Gasteiger partial charge on any atom is 0.416 e. The molecule has 6 atom stereocenters. The maximum atomic E-state index is 15.3. The molecule has 71 heavy (non-hydrogen) atoms. The zero-order valence-electron chi connectivity index (χ0n) is 39.8. The van der Waals surface area contributed by atoms with E-state index in [1.54, 1.807) is 11.0 Å². The number of nitro benzene ring substituents is 1. The highest BCUT2D eigenvalue weighted by Gasteiger charge is 2.66. The summed E-state index contributed by atoms with van der Waals surface area (Å²) < 4.78 is 27.5. The van der Waals surface area contributed by atoms with Gasteiger partial charge in [0.25, 0.3) is 5.69 Å². The van der Waals surface area contributed by atoms with Crippen molar-refractivity contribution in [2.75, 3.05) is 26.9 Å². The number of benzene rings is 6. The van der Waals surface area contributed by atoms with Crippen LogP contribution in [0.5, 0.6) is 23.0 Å². The fourth-order valence-corrected chi connectivity index (χ4v) is 11.0. The van der Waals surface area contributed by atoms with Gasteiger partial charge in [0.1, 0.15) is 36.1 Å². The number of oxime groups is 1. The van der Waals surface area contributed by atoms with E-state index in [9.17, 15) is 20.3 Å². The van der Waals surface area contributed by atoms with Gasteiger partial charge in [-0.1, -0.05) is 115 Å². The Morgan fingerprint density at radius 2 is 1.54 bits per heavy atom. The average molecular weight is 958 g/mol. The van der Waals surface area contributed by atoms with Gasteiger partial charge in [-0.05, 0) is 113 Å². The van der Waals surface area contributed by atoms with Crippen LogP contribution in [0.3, 0.4) is 0 Å². The molecule has 2 N–H and O–H groups in total. The van der Waals surface area contributed by atoms with Crippen LogP contribution in [0.2, 0.25) is 0 Å². The second-order valence-corrected chi connectivity index (χ2v) is 18.3. The summed E-state index contributed by atoms with van der Waals surface area (Å²) in [5, 5.41) is 38.3. The van der Waals surface area contributed by atoms with Crippen molar-refractivity contribution in [2.45, 2.75) is 69.2 Å². The van der Waals surface area contributed by atoms with Gasteiger partial charge in [-0.15, -0.1) is 6.58 Å². The van der Waals surface area contributed by atoms with Crippen molar-refractivity contribution in [1.29, 1.82) is 0 Å². The normalized spacial score (nSPS) is 21.5. The van der Waals surface area contributed by atoms with Gasteiger partial charge in [0.15, 0.2) is 0 Å². The fraction of sp³-hybridized carbons (Fsp3) is 0.310. The van der Waals surface area contributed by atoms with Gasteiger partial charge >= 0.3 is 6.09 Å². The molecule has 1 aliphatic heterocycles. The molecule has 6 aromatic carbocycles. The fourth-order valence-electron chi connectivity index (χ4n) is 11.0. The van der Waals surface area contributed by atoms with E-state index >= 15 is 4.79 Å². The third-order valence-electron chi connectivity index (χ3n) is 14.1. The molecule has 0 aromatic heterocycles. The Morgan fingerprint density at radius 1 is 0.845 bits per heavy atom. The van der Waals surface area contributed by atoms with Gasteiger partial charge in [0.05, 0.1) is 29.7 Å². The molecule has 1 amide bonds. The summed E-state index contributed by atoms with van der Waals surface area (Å²) in [7, 11) is 1.51. The Balaban J connectivity index is 1.22. The second-order valence-electron chi connectivity index (χ2n) is 18.3. The first-order valence-corrected chi connectivity index (χ1v) is 24.4. The molecule has 1 saturated carbocycles. The summed E-state index contributed by atoms with van der Waals surface area (Å²) in [6.07, 6.45) is 7.70. The zero-order valence-corrected chi connectivity index (χ0v) is 39.8. The van der Waals surface area contributed by atoms with Crippen molar-refractivity contribution in [2.24, 2.45) is 22.9 Å². The number of carbonyl (C=O) groups is 1. The molecule has 3 aliphatic rings. The molecule has 9 rings (SSSR count). The molecule has 13 heteroatoms. The van der Waals surface area contributed by atoms with E-state index in [1.807, 2.05) is 97.1 Å². The number of ether oxygens (including phenoxy) is 4. The first-order valence-electron chi connectivity index (χ1n) is 24.4. The van der Waals surface area contributed by atoms with Gasteiger partial charge in [-0.25, -0.2) is 4.79 Å². The molecule has 0 radical (unpaired) electrons. The van der Waals surface area contributed by atoms with E-state index in [1.165, 1.54) is 31.4 Å². The van der Waals surface area contributed by atoms with Crippen molar-refractivity contribution in [3.8, 4) is 34.1 Å². The quantitative estimate of drug-likeness (QED) is 0.0326. The minimum atomic E-state index is -1.58. The number of unbranched alkanes of at least 4 members (excludes halogenated alkanes) is 2. The standard InChI is InChI=1S/C58H59N3O10/c1-3-34-68-58-54(60(38-43-19-13-18-41-16-7-8-20-48(41)43)57(64)70-46-28-24-44(25-29-46)61(65)66)37-52(59-67-2)50-35-42(17-9-11-32-62)49(21-10-12-33-63)55(56(50)58)51-36-47(30-31-53(51)71-58)69-45-26-22-40(23-27-45)39-14-5-4-6-15-39/h3-8,13-16,18-20,22-31,35-36,42,49,54-56,62-63H,1,9-12,17,21,32-34,37-38H2,2H3. The van der Waals surface area contributed by atoms with Crippen molar-refractivity contribution in [3.05, 3.63) is 185 Å². The largest absolute Gasteiger partial charge is 0.459 e. The molecule has 1 heterocycles. The number of non-ortho nitro benzene ring substituents is 1. The van der Waals surface area contributed by atoms with Crippen LogP contribution in [0.25, 0.3) is 21.9 Å². The van der Waals surface area contributed by atoms with E-state index in [0.717, 1.165) is 64.3 Å². The predicted molar refractivity (Wildman–Crippen MR) is 273 cm³/mol. The summed E-state index contributed by atoms with van der Waals surface area (Å²) in [6, 6.07) is 42.5. The first kappa shape index (κ1) is 48.7. The third-order valence-corrected chi connectivity index (χ3v) is 14.1. The van der Waals surface area contributed by atoms with Crippen LogP contribution in [-0.4, -0.2) is 70.6 Å². The average Bonchev–Trinajstić information content (AvgIpc) is 3.39. The van der Waals surface area contributed by atoms with E-state index < -0.39 is 28.8 Å². The first-order chi connectivity index (χ1) is 34.7. The number of allylic oxidation sites excluding steroid dienone is 1. The minimum absolute atomic E-state index is 0.0205. The van der Waals surface area contributed by atoms with Gasteiger partial charge in [0.2, 0.25) is 5.79 Å². The Kier molecular flexibility index (Phi) is 15.2. The third kappa shape index (κ3) is 10.3. The van der Waals surface area contributed by atoms with Crippen molar-refractivity contribution >= 4 is 28.3 Å². The lowest BCUT2D eigenvalue weighted by atomic mass is 9.55. The number of fused-ring (bicyclic) bond motifs is 3. The van der Waals surface area contributed by atoms with Gasteiger partial charge < -0.3 is 34.0 Å². The zero-order chi connectivity index (χ0) is 49.3. The molecule has 366 valence electrons. The maximum absolute atomic E-state index is 15.3. The van der Waals surface area contributed by atoms with Crippen LogP contribution in [0.1, 0.15) is 62.0 Å². The Labute approximate surface area is 413 Å². The summed E-state index contributed by atoms with van der Waals surface area (Å²) >= 11 is 0. The van der Waals surface area contributed by atoms with E-state index in [-0.39, 0.29) is 62.0 Å². The molecule has 6 unspecified atom stereocenters. The predicted octanol–water partition coefficient (Wildman–Crippen LogP) is 12.2. The van der Waals surface area contributed by atoms with E-state index in [4.69, 9.17) is 28.9 Å². The number of carbonyl (C=O) groups excluding carboxylic acids is 1. The van der Waals surface area contributed by atoms with E-state index in [0.29, 0.717) is 35.8 Å². The SMILES string of the molecule is C=CCOC12Oc3ccc(Oc4ccc(-c5ccccc5)cc4)cc3C3C(CCCCO)C(CCCCO)C=C(C(=NOC)CC1N(Cc1cccc4ccccc14)C(=O)Oc1ccc([N+](=O)[O-])cc1)C32. The number of amides is 1. The molecular weight excluding hydrogens is 899 g/mol. The molecule has 1 fully saturated rings. The van der Waals surface area contributed by atoms with E-state index in [2.05, 4.69) is 30.9 Å². The van der Waals surface area contributed by atoms with Crippen LogP contribution < -0.4 is 14.2 Å². The Morgan fingerprint density at radius 3 is 2.27 bits per heavy atom. The lowest BCUT2D eigenvalue weighted by molar-refractivity contribution is -0.384. The Bertz CT molecular complexity index is 2880. The van der Waals surface area contributed by atoms with Crippen LogP contribution in [0.4, 0.5) is 10.5 Å². The van der Waals surface area contributed by atoms with Gasteiger partial charge in [0, 0.05) is 43.2 Å². The Hall–Kier alpha value is -7.32. The van der Waals surface area contributed by atoms with Crippen LogP contribution in [0.15, 0.2) is 169 Å². The molecule has 2 aliphatic carbocycles. The minimum Gasteiger partial charge on any atom is -0.459 e. The number of hydrogen-bond acceptors (Lipinski definition) is 11. The summed E-state index contributed by atoms with van der Waals surface area (Å²) in [5.41, 5.74) is 5.28. The highest BCUT2D eigenvalue weighted by molar-refractivity contribution is 6.03. The van der Waals surface area contributed by atoms with Gasteiger partial charge in [-0.3, -0.25) is 15.0 Å². The van der Waals surface area contributed by atoms with Gasteiger partial charge in [-0.2, -0.15) is 0 Å². The molecule has 0 saturated heterocycles. The summed E-state index contributed by atoms with van der Waals surface area (Å²) in [4.78, 5) is 33.7. The highest BCUT2D eigenvalue weighted by atomic mass is 16.7. The second kappa shape index (κ2) is 22.2. The summed E-state index contributed by atoms with van der Waals surface area (Å²) in [5.74, 6) is -0.507. The number of hydrogen-bond donors (Lipinski definition) is 2. The molecule has 0 bridgehead atoms. The monoisotopic (exact) mass is 957 g/mol. The smallest absolute Gasteiger partial charge is 0.416 e. The number of aliphatic hydroxyl groups is 2. The number of nitro groups is 1. The van der Waals surface area contributed by atoms with Crippen molar-refractivity contribution in [3.63, 3.8) is 0 Å². The van der Waals surface area contributed by atoms with Crippen LogP contribution in [0, 0.1) is 27.9 Å². The topological polar surface area (TPSA) is 162 Å². The lowest BCUT2D eigenvalue weighted by Crippen LogP contribution is -2.70. The molecule has 0 spiro atoms. The number of nitrogens with zero attached hydrogens (tertiary/aromatic N) is 3. The number of aliphatic hydroxyl groups excluding tert-OH is 2. The number of rotatable bonds is 20. The molecule has 6 aromatic rings. The van der Waals surface area contributed by atoms with Crippen molar-refractivity contribution in [1.82, 2.24) is 4.90 Å². The summed E-state index contributed by atoms with van der Waals surface area (Å²) in [6.45, 7) is 4.31. The molecular formula is C58H59N3O10. The molecule has 13 nitrogen and oxygen atoms in total. The highest BCUT2D eigenvalue weighted by Crippen LogP contribution is 2.62. The van der Waals surface area contributed by atoms with Crippen LogP contribution in [-0.2, 0) is 16.1 Å². The van der Waals surface area contributed by atoms with Crippen molar-refractivity contribution < 1.29 is 43.7 Å². The lowest BCUT2D eigenvalue weighted by Gasteiger charge is -2.59.